The van der Waals surface area contributed by atoms with E-state index in [1.54, 1.807) is 7.11 Å². The zero-order chi connectivity index (χ0) is 5.70. The van der Waals surface area contributed by atoms with Crippen molar-refractivity contribution in [1.82, 2.24) is 0 Å². The lowest BCUT2D eigenvalue weighted by Crippen LogP contribution is -2.05. The van der Waals surface area contributed by atoms with Crippen LogP contribution in [0, 0.1) is 7.43 Å². The Kier molecular flexibility index (Phi) is 9.44. The second-order valence-electron chi connectivity index (χ2n) is 1.67. The van der Waals surface area contributed by atoms with Crippen LogP contribution in [0.15, 0.2) is 0 Å². The largest absolute Gasteiger partial charge is 0.381 e. The number of hydrogen-bond donors (Lipinski definition) is 0. The minimum absolute atomic E-state index is 0. The summed E-state index contributed by atoms with van der Waals surface area (Å²) in [5, 5.41) is 0. The normalized spacial score (nSPS) is 9.00. The minimum atomic E-state index is 0. The summed E-state index contributed by atoms with van der Waals surface area (Å²) in [6.07, 6.45) is 2.75. The fourth-order valence-corrected chi connectivity index (χ4v) is 0.622. The Morgan fingerprint density at radius 2 is 1.62 bits per heavy atom. The Hall–Kier alpha value is -0.0400. The fourth-order valence-electron chi connectivity index (χ4n) is 0.622. The zero-order valence-electron chi connectivity index (χ0n) is 6.40. The first kappa shape index (κ1) is 10.9. The maximum atomic E-state index is 5.05. The van der Waals surface area contributed by atoms with Gasteiger partial charge in [0.1, 0.15) is 0 Å². The molecule has 0 rings (SSSR count). The number of methoxy groups -OCH3 is 1. The van der Waals surface area contributed by atoms with E-state index in [4.69, 9.17) is 4.74 Å². The highest BCUT2D eigenvalue weighted by Crippen LogP contribution is 1.98. The van der Waals surface area contributed by atoms with Crippen molar-refractivity contribution >= 4 is 0 Å². The van der Waals surface area contributed by atoms with E-state index in [1.165, 1.54) is 0 Å². The molecule has 0 unspecified atom stereocenters. The van der Waals surface area contributed by atoms with Crippen molar-refractivity contribution in [2.75, 3.05) is 7.11 Å². The van der Waals surface area contributed by atoms with Crippen molar-refractivity contribution in [3.8, 4) is 0 Å². The van der Waals surface area contributed by atoms with Crippen LogP contribution in [0.5, 0.6) is 0 Å². The van der Waals surface area contributed by atoms with Crippen LogP contribution in [0.1, 0.15) is 26.7 Å². The van der Waals surface area contributed by atoms with Gasteiger partial charge in [0.15, 0.2) is 0 Å². The Labute approximate surface area is 53.0 Å². The topological polar surface area (TPSA) is 9.23 Å². The van der Waals surface area contributed by atoms with Crippen molar-refractivity contribution in [2.45, 2.75) is 32.8 Å². The Bertz CT molecular complexity index is 25.9. The van der Waals surface area contributed by atoms with Crippen molar-refractivity contribution in [2.24, 2.45) is 0 Å². The van der Waals surface area contributed by atoms with Gasteiger partial charge in [0.05, 0.1) is 6.10 Å². The average molecular weight is 117 g/mol. The van der Waals surface area contributed by atoms with E-state index < -0.39 is 0 Å². The van der Waals surface area contributed by atoms with E-state index in [0.717, 1.165) is 12.8 Å². The molecule has 0 aromatic rings. The zero-order valence-corrected chi connectivity index (χ0v) is 6.40. The lowest BCUT2D eigenvalue weighted by atomic mass is 10.2. The van der Waals surface area contributed by atoms with Crippen molar-refractivity contribution in [3.05, 3.63) is 7.43 Å². The molecule has 0 atom stereocenters. The van der Waals surface area contributed by atoms with Gasteiger partial charge in [0.2, 0.25) is 0 Å². The average Bonchev–Trinajstić information content (AvgIpc) is 1.72. The first-order valence-corrected chi connectivity index (χ1v) is 2.87. The van der Waals surface area contributed by atoms with Gasteiger partial charge in [-0.15, -0.1) is 0 Å². The predicted octanol–water partition coefficient (Wildman–Crippen LogP) is 2.27. The third kappa shape index (κ3) is 4.13. The van der Waals surface area contributed by atoms with E-state index in [-0.39, 0.29) is 7.43 Å². The van der Waals surface area contributed by atoms with E-state index in [9.17, 15) is 0 Å². The highest BCUT2D eigenvalue weighted by Gasteiger charge is 1.96. The van der Waals surface area contributed by atoms with Gasteiger partial charge in [0, 0.05) is 7.11 Å². The SMILES string of the molecule is CCC(CC)OC.[CH3-]. The van der Waals surface area contributed by atoms with E-state index in [2.05, 4.69) is 13.8 Å². The van der Waals surface area contributed by atoms with Gasteiger partial charge >= 0.3 is 0 Å². The van der Waals surface area contributed by atoms with Crippen LogP contribution in [0.25, 0.3) is 0 Å². The summed E-state index contributed by atoms with van der Waals surface area (Å²) in [6, 6.07) is 0. The first-order chi connectivity index (χ1) is 3.35. The molecule has 8 heavy (non-hydrogen) atoms. The molecule has 0 aliphatic carbocycles. The molecule has 0 saturated carbocycles. The smallest absolute Gasteiger partial charge is 0.0566 e. The molecule has 0 N–H and O–H groups in total. The molecule has 0 spiro atoms. The van der Waals surface area contributed by atoms with E-state index in [1.807, 2.05) is 0 Å². The second kappa shape index (κ2) is 6.96. The van der Waals surface area contributed by atoms with Gasteiger partial charge in [-0.3, -0.25) is 0 Å². The summed E-state index contributed by atoms with van der Waals surface area (Å²) in [5.74, 6) is 0. The number of rotatable bonds is 3. The number of ether oxygens (including phenoxy) is 1. The fraction of sp³-hybridized carbons (Fsp3) is 0.857. The molecule has 52 valence electrons. The second-order valence-corrected chi connectivity index (χ2v) is 1.67. The first-order valence-electron chi connectivity index (χ1n) is 2.87. The molecular formula is C7H17O-. The molecule has 0 aromatic heterocycles. The summed E-state index contributed by atoms with van der Waals surface area (Å²) >= 11 is 0. The molecule has 0 bridgehead atoms. The highest BCUT2D eigenvalue weighted by molar-refractivity contribution is 4.47. The predicted molar refractivity (Wildman–Crippen MR) is 37.8 cm³/mol. The molecule has 0 aliphatic rings. The Morgan fingerprint density at radius 1 is 1.25 bits per heavy atom. The third-order valence-corrected chi connectivity index (χ3v) is 1.24. The van der Waals surface area contributed by atoms with Gasteiger partial charge in [-0.05, 0) is 12.8 Å². The van der Waals surface area contributed by atoms with Gasteiger partial charge < -0.3 is 12.2 Å². The molecule has 0 amide bonds. The van der Waals surface area contributed by atoms with Crippen LogP contribution < -0.4 is 0 Å². The van der Waals surface area contributed by atoms with Crippen LogP contribution in [0.2, 0.25) is 0 Å². The molecule has 0 fully saturated rings. The van der Waals surface area contributed by atoms with Crippen molar-refractivity contribution < 1.29 is 4.74 Å². The maximum absolute atomic E-state index is 5.05. The van der Waals surface area contributed by atoms with E-state index in [0.29, 0.717) is 6.10 Å². The minimum Gasteiger partial charge on any atom is -0.381 e. The quantitative estimate of drug-likeness (QED) is 0.515. The summed E-state index contributed by atoms with van der Waals surface area (Å²) in [7, 11) is 1.76. The Balaban J connectivity index is 0. The van der Waals surface area contributed by atoms with Crippen LogP contribution in [0.3, 0.4) is 0 Å². The summed E-state index contributed by atoms with van der Waals surface area (Å²) in [4.78, 5) is 0. The molecule has 1 heteroatoms. The lowest BCUT2D eigenvalue weighted by Gasteiger charge is -2.07. The lowest BCUT2D eigenvalue weighted by molar-refractivity contribution is 0.0964. The maximum Gasteiger partial charge on any atom is 0.0566 e. The monoisotopic (exact) mass is 117 g/mol. The Morgan fingerprint density at radius 3 is 1.62 bits per heavy atom. The van der Waals surface area contributed by atoms with E-state index >= 15 is 0 Å². The van der Waals surface area contributed by atoms with Crippen molar-refractivity contribution in [3.63, 3.8) is 0 Å². The van der Waals surface area contributed by atoms with Gasteiger partial charge in [0.25, 0.3) is 0 Å². The molecule has 0 aliphatic heterocycles. The summed E-state index contributed by atoms with van der Waals surface area (Å²) in [5.41, 5.74) is 0. The van der Waals surface area contributed by atoms with Gasteiger partial charge in [-0.25, -0.2) is 0 Å². The number of hydrogen-bond acceptors (Lipinski definition) is 1. The molecule has 0 radical (unpaired) electrons. The van der Waals surface area contributed by atoms with Crippen LogP contribution >= 0.6 is 0 Å². The van der Waals surface area contributed by atoms with Gasteiger partial charge in [-0.1, -0.05) is 13.8 Å². The molecule has 0 saturated heterocycles. The van der Waals surface area contributed by atoms with Crippen molar-refractivity contribution in [1.29, 1.82) is 0 Å². The molecule has 0 heterocycles. The standard InChI is InChI=1S/C6H14O.CH3/c1-4-6(5-2)7-3;/h6H,4-5H2,1-3H3;1H3/q;-1. The summed E-state index contributed by atoms with van der Waals surface area (Å²) < 4.78 is 5.05. The molecular weight excluding hydrogens is 100 g/mol. The summed E-state index contributed by atoms with van der Waals surface area (Å²) in [6.45, 7) is 4.27. The third-order valence-electron chi connectivity index (χ3n) is 1.24. The van der Waals surface area contributed by atoms with Crippen LogP contribution in [-0.4, -0.2) is 13.2 Å². The van der Waals surface area contributed by atoms with Gasteiger partial charge in [-0.2, -0.15) is 0 Å². The molecule has 0 aromatic carbocycles. The van der Waals surface area contributed by atoms with Crippen LogP contribution in [0.4, 0.5) is 0 Å². The van der Waals surface area contributed by atoms with Crippen LogP contribution in [-0.2, 0) is 4.74 Å². The molecule has 1 nitrogen and oxygen atoms in total. The highest BCUT2D eigenvalue weighted by atomic mass is 16.5.